The lowest BCUT2D eigenvalue weighted by atomic mass is 9.72. The number of allylic oxidation sites excluding steroid dienone is 1. The van der Waals surface area contributed by atoms with Crippen molar-refractivity contribution in [2.75, 3.05) is 20.2 Å². The molecule has 5 nitrogen and oxygen atoms in total. The van der Waals surface area contributed by atoms with E-state index in [0.29, 0.717) is 11.8 Å². The lowest BCUT2D eigenvalue weighted by Crippen LogP contribution is -2.58. The second-order valence-electron chi connectivity index (χ2n) is 7.50. The van der Waals surface area contributed by atoms with Crippen molar-refractivity contribution < 1.29 is 14.6 Å². The predicted molar refractivity (Wildman–Crippen MR) is 95.6 cm³/mol. The number of methoxy groups -OCH3 is 1. The van der Waals surface area contributed by atoms with Crippen LogP contribution in [0.3, 0.4) is 0 Å². The predicted octanol–water partition coefficient (Wildman–Crippen LogP) is 1.53. The van der Waals surface area contributed by atoms with Crippen molar-refractivity contribution in [3.8, 4) is 0 Å². The monoisotopic (exact) mass is 342 g/mol. The molecule has 3 saturated heterocycles. The summed E-state index contributed by atoms with van der Waals surface area (Å²) in [5, 5.41) is 14.2. The van der Waals surface area contributed by atoms with E-state index in [1.54, 1.807) is 7.11 Å². The lowest BCUT2D eigenvalue weighted by molar-refractivity contribution is -0.121. The summed E-state index contributed by atoms with van der Waals surface area (Å²) in [6, 6.07) is -0.0733. The minimum Gasteiger partial charge on any atom is -0.497 e. The third-order valence-corrected chi connectivity index (χ3v) is 6.24. The molecule has 6 atom stereocenters. The van der Waals surface area contributed by atoms with Crippen LogP contribution in [0.15, 0.2) is 47.8 Å². The highest BCUT2D eigenvalue weighted by atomic mass is 16.5. The molecule has 0 aromatic carbocycles. The standard InChI is InChI=1S/C20H26N2O3/c1-3-12-11-22-7-6-13(12)8-18(22)20(24)16-10-19(23)21-17-5-4-14(25-2)9-15(16)17/h3-5,9,12-13,17-18,20,24H,1,6-8,10-11H2,2H3,(H,21,23)/t12-,13+,17-,18-,20+/m0/s1. The molecule has 1 amide bonds. The molecular formula is C20H26N2O3. The van der Waals surface area contributed by atoms with Crippen LogP contribution in [0.1, 0.15) is 19.3 Å². The summed E-state index contributed by atoms with van der Waals surface area (Å²) in [7, 11) is 1.63. The highest BCUT2D eigenvalue weighted by Crippen LogP contribution is 2.40. The molecule has 1 unspecified atom stereocenters. The van der Waals surface area contributed by atoms with E-state index in [1.165, 1.54) is 6.42 Å². The van der Waals surface area contributed by atoms with Gasteiger partial charge in [-0.15, -0.1) is 6.58 Å². The highest BCUT2D eigenvalue weighted by molar-refractivity contribution is 5.82. The molecule has 1 aliphatic carbocycles. The topological polar surface area (TPSA) is 61.8 Å². The number of rotatable bonds is 4. The van der Waals surface area contributed by atoms with E-state index in [2.05, 4.69) is 22.9 Å². The van der Waals surface area contributed by atoms with Crippen LogP contribution in [0.25, 0.3) is 0 Å². The Morgan fingerprint density at radius 3 is 3.04 bits per heavy atom. The van der Waals surface area contributed by atoms with E-state index >= 15 is 0 Å². The molecule has 0 saturated carbocycles. The summed E-state index contributed by atoms with van der Waals surface area (Å²) in [4.78, 5) is 14.5. The SMILES string of the molecule is C=C[C@H]1CN2CC[C@@H]1C[C@H]2[C@H](O)C1=C2C=C(OC)C=C[C@@H]2NC(=O)C1. The van der Waals surface area contributed by atoms with Crippen molar-refractivity contribution in [2.24, 2.45) is 11.8 Å². The van der Waals surface area contributed by atoms with Gasteiger partial charge in [0.15, 0.2) is 0 Å². The summed E-state index contributed by atoms with van der Waals surface area (Å²) in [5.41, 5.74) is 1.83. The van der Waals surface area contributed by atoms with Crippen LogP contribution in [0, 0.1) is 11.8 Å². The minimum absolute atomic E-state index is 0.0262. The fourth-order valence-corrected chi connectivity index (χ4v) is 4.84. The highest BCUT2D eigenvalue weighted by Gasteiger charge is 2.44. The third kappa shape index (κ3) is 2.85. The van der Waals surface area contributed by atoms with Crippen LogP contribution in [0.4, 0.5) is 0 Å². The van der Waals surface area contributed by atoms with Crippen molar-refractivity contribution in [1.82, 2.24) is 10.2 Å². The van der Waals surface area contributed by atoms with Gasteiger partial charge in [0.05, 0.1) is 25.7 Å². The van der Waals surface area contributed by atoms with Crippen LogP contribution in [-0.4, -0.2) is 54.3 Å². The van der Waals surface area contributed by atoms with Gasteiger partial charge in [-0.05, 0) is 54.5 Å². The van der Waals surface area contributed by atoms with Crippen molar-refractivity contribution in [2.45, 2.75) is 37.5 Å². The molecule has 0 aromatic heterocycles. The average molecular weight is 342 g/mol. The van der Waals surface area contributed by atoms with Gasteiger partial charge in [-0.2, -0.15) is 0 Å². The molecule has 0 spiro atoms. The number of carbonyl (C=O) groups excluding carboxylic acids is 1. The van der Waals surface area contributed by atoms with Crippen molar-refractivity contribution in [3.05, 3.63) is 47.8 Å². The Morgan fingerprint density at radius 2 is 2.36 bits per heavy atom. The molecule has 134 valence electrons. The number of aliphatic hydroxyl groups excluding tert-OH is 1. The Bertz CT molecular complexity index is 678. The first-order chi connectivity index (χ1) is 12.1. The zero-order valence-electron chi connectivity index (χ0n) is 14.6. The Kier molecular flexibility index (Phi) is 4.29. The molecule has 4 heterocycles. The Hall–Kier alpha value is -1.85. The van der Waals surface area contributed by atoms with Crippen LogP contribution in [0.5, 0.6) is 0 Å². The molecule has 0 radical (unpaired) electrons. The zero-order valence-corrected chi connectivity index (χ0v) is 14.6. The quantitative estimate of drug-likeness (QED) is 0.761. The maximum atomic E-state index is 12.2. The number of fused-ring (bicyclic) bond motifs is 4. The number of nitrogens with zero attached hydrogens (tertiary/aromatic N) is 1. The van der Waals surface area contributed by atoms with Crippen molar-refractivity contribution in [3.63, 3.8) is 0 Å². The Balaban J connectivity index is 1.64. The average Bonchev–Trinajstić information content (AvgIpc) is 2.66. The van der Waals surface area contributed by atoms with E-state index < -0.39 is 6.10 Å². The van der Waals surface area contributed by atoms with E-state index in [9.17, 15) is 9.90 Å². The smallest absolute Gasteiger partial charge is 0.224 e. The van der Waals surface area contributed by atoms with Gasteiger partial charge in [-0.25, -0.2) is 0 Å². The van der Waals surface area contributed by atoms with Gasteiger partial charge in [-0.1, -0.05) is 12.2 Å². The summed E-state index contributed by atoms with van der Waals surface area (Å²) in [6.45, 7) is 5.95. The zero-order chi connectivity index (χ0) is 17.6. The first-order valence-electron chi connectivity index (χ1n) is 9.11. The number of amides is 1. The van der Waals surface area contributed by atoms with E-state index in [-0.39, 0.29) is 24.4 Å². The van der Waals surface area contributed by atoms with Crippen LogP contribution >= 0.6 is 0 Å². The number of carbonyl (C=O) groups is 1. The van der Waals surface area contributed by atoms with E-state index in [0.717, 1.165) is 36.4 Å². The lowest BCUT2D eigenvalue weighted by Gasteiger charge is -2.51. The van der Waals surface area contributed by atoms with Gasteiger partial charge in [-0.3, -0.25) is 9.69 Å². The maximum Gasteiger partial charge on any atom is 0.224 e. The summed E-state index contributed by atoms with van der Waals surface area (Å²) >= 11 is 0. The molecule has 4 aliphatic heterocycles. The van der Waals surface area contributed by atoms with Crippen molar-refractivity contribution >= 4 is 5.91 Å². The molecule has 5 aliphatic rings. The van der Waals surface area contributed by atoms with Gasteiger partial charge >= 0.3 is 0 Å². The van der Waals surface area contributed by atoms with Crippen LogP contribution in [-0.2, 0) is 9.53 Å². The van der Waals surface area contributed by atoms with Gasteiger partial charge in [0, 0.05) is 12.6 Å². The summed E-state index contributed by atoms with van der Waals surface area (Å²) < 4.78 is 5.34. The fraction of sp³-hybridized carbons (Fsp3) is 0.550. The fourth-order valence-electron chi connectivity index (χ4n) is 4.84. The van der Waals surface area contributed by atoms with E-state index in [1.807, 2.05) is 18.2 Å². The van der Waals surface area contributed by atoms with Crippen LogP contribution < -0.4 is 5.32 Å². The Morgan fingerprint density at radius 1 is 1.52 bits per heavy atom. The van der Waals surface area contributed by atoms with Gasteiger partial charge in [0.25, 0.3) is 0 Å². The second-order valence-corrected chi connectivity index (χ2v) is 7.50. The maximum absolute atomic E-state index is 12.2. The molecule has 5 heteroatoms. The van der Waals surface area contributed by atoms with E-state index in [4.69, 9.17) is 4.74 Å². The number of piperidine rings is 3. The third-order valence-electron chi connectivity index (χ3n) is 6.24. The first kappa shape index (κ1) is 16.6. The molecule has 3 fully saturated rings. The summed E-state index contributed by atoms with van der Waals surface area (Å²) in [6.07, 6.45) is 9.59. The molecule has 0 aromatic rings. The minimum atomic E-state index is -0.613. The van der Waals surface area contributed by atoms with Gasteiger partial charge in [0.1, 0.15) is 5.76 Å². The Labute approximate surface area is 148 Å². The van der Waals surface area contributed by atoms with Gasteiger partial charge in [0.2, 0.25) is 5.91 Å². The molecule has 5 rings (SSSR count). The number of ether oxygens (including phenoxy) is 1. The number of nitrogens with one attached hydrogen (secondary N) is 1. The summed E-state index contributed by atoms with van der Waals surface area (Å²) in [5.74, 6) is 1.85. The second kappa shape index (κ2) is 6.46. The van der Waals surface area contributed by atoms with Crippen LogP contribution in [0.2, 0.25) is 0 Å². The first-order valence-corrected chi connectivity index (χ1v) is 9.11. The molecule has 2 bridgehead atoms. The van der Waals surface area contributed by atoms with Crippen molar-refractivity contribution in [1.29, 1.82) is 0 Å². The molecule has 2 N–H and O–H groups in total. The molecular weight excluding hydrogens is 316 g/mol. The largest absolute Gasteiger partial charge is 0.497 e. The number of aliphatic hydroxyl groups is 1. The number of hydrogen-bond donors (Lipinski definition) is 2. The normalized spacial score (nSPS) is 37.9. The van der Waals surface area contributed by atoms with Gasteiger partial charge < -0.3 is 15.2 Å². The molecule has 25 heavy (non-hydrogen) atoms. The number of hydrogen-bond acceptors (Lipinski definition) is 4.